The molecule has 25 heavy (non-hydrogen) atoms. The van der Waals surface area contributed by atoms with Crippen LogP contribution in [0.4, 0.5) is 11.6 Å². The Morgan fingerprint density at radius 3 is 2.36 bits per heavy atom. The van der Waals surface area contributed by atoms with Crippen LogP contribution < -0.4 is 9.80 Å². The zero-order valence-corrected chi connectivity index (χ0v) is 14.2. The summed E-state index contributed by atoms with van der Waals surface area (Å²) in [5, 5.41) is 8.43. The van der Waals surface area contributed by atoms with E-state index in [1.54, 1.807) is 6.20 Å². The average molecular weight is 332 g/mol. The molecule has 4 rings (SSSR count). The molecule has 0 N–H and O–H groups in total. The molecule has 126 valence electrons. The number of piperazine rings is 1. The van der Waals surface area contributed by atoms with Crippen LogP contribution in [-0.4, -0.2) is 46.3 Å². The molecule has 1 fully saturated rings. The van der Waals surface area contributed by atoms with Crippen molar-refractivity contribution in [2.45, 2.75) is 6.92 Å². The van der Waals surface area contributed by atoms with Gasteiger partial charge in [0.2, 0.25) is 5.95 Å². The van der Waals surface area contributed by atoms with Gasteiger partial charge in [0.05, 0.1) is 11.9 Å². The first kappa shape index (κ1) is 15.5. The SMILES string of the molecule is Cc1ccccc1-c1cnnc(N2CCN(c3ccncc3)CC2)n1. The Kier molecular flexibility index (Phi) is 4.24. The smallest absolute Gasteiger partial charge is 0.246 e. The Bertz CT molecular complexity index is 843. The minimum atomic E-state index is 0.704. The third-order valence-electron chi connectivity index (χ3n) is 4.56. The summed E-state index contributed by atoms with van der Waals surface area (Å²) < 4.78 is 0. The molecular formula is C19H20N6. The fourth-order valence-corrected chi connectivity index (χ4v) is 3.14. The highest BCUT2D eigenvalue weighted by Gasteiger charge is 2.20. The Labute approximate surface area is 147 Å². The number of anilines is 2. The summed E-state index contributed by atoms with van der Waals surface area (Å²) in [7, 11) is 0. The van der Waals surface area contributed by atoms with Gasteiger partial charge in [-0.15, -0.1) is 5.10 Å². The quantitative estimate of drug-likeness (QED) is 0.735. The van der Waals surface area contributed by atoms with E-state index in [1.165, 1.54) is 11.3 Å². The van der Waals surface area contributed by atoms with Crippen LogP contribution >= 0.6 is 0 Å². The van der Waals surface area contributed by atoms with Crippen molar-refractivity contribution in [3.05, 3.63) is 60.6 Å². The van der Waals surface area contributed by atoms with Crippen molar-refractivity contribution in [3.63, 3.8) is 0 Å². The molecule has 1 aliphatic heterocycles. The minimum absolute atomic E-state index is 0.704. The number of aryl methyl sites for hydroxylation is 1. The third-order valence-corrected chi connectivity index (χ3v) is 4.56. The number of pyridine rings is 1. The van der Waals surface area contributed by atoms with E-state index in [1.807, 2.05) is 36.7 Å². The van der Waals surface area contributed by atoms with Crippen LogP contribution in [0, 0.1) is 6.92 Å². The van der Waals surface area contributed by atoms with Crippen LogP contribution in [0.5, 0.6) is 0 Å². The highest BCUT2D eigenvalue weighted by atomic mass is 15.4. The molecule has 0 aliphatic carbocycles. The van der Waals surface area contributed by atoms with Crippen molar-refractivity contribution in [1.29, 1.82) is 0 Å². The Balaban J connectivity index is 1.50. The first-order valence-electron chi connectivity index (χ1n) is 8.47. The van der Waals surface area contributed by atoms with Crippen molar-refractivity contribution < 1.29 is 0 Å². The zero-order valence-electron chi connectivity index (χ0n) is 14.2. The molecular weight excluding hydrogens is 312 g/mol. The molecule has 0 atom stereocenters. The first-order chi connectivity index (χ1) is 12.3. The van der Waals surface area contributed by atoms with E-state index in [-0.39, 0.29) is 0 Å². The second-order valence-corrected chi connectivity index (χ2v) is 6.14. The number of hydrogen-bond donors (Lipinski definition) is 0. The Morgan fingerprint density at radius 1 is 0.880 bits per heavy atom. The van der Waals surface area contributed by atoms with Crippen molar-refractivity contribution in [3.8, 4) is 11.3 Å². The number of aromatic nitrogens is 4. The van der Waals surface area contributed by atoms with Gasteiger partial charge in [0, 0.05) is 49.8 Å². The van der Waals surface area contributed by atoms with Gasteiger partial charge in [-0.1, -0.05) is 24.3 Å². The second-order valence-electron chi connectivity index (χ2n) is 6.14. The van der Waals surface area contributed by atoms with E-state index in [0.29, 0.717) is 5.95 Å². The summed E-state index contributed by atoms with van der Waals surface area (Å²) in [6, 6.07) is 12.3. The molecule has 6 nitrogen and oxygen atoms in total. The van der Waals surface area contributed by atoms with Gasteiger partial charge >= 0.3 is 0 Å². The monoisotopic (exact) mass is 332 g/mol. The van der Waals surface area contributed by atoms with E-state index < -0.39 is 0 Å². The van der Waals surface area contributed by atoms with E-state index in [9.17, 15) is 0 Å². The van der Waals surface area contributed by atoms with Crippen LogP contribution in [0.2, 0.25) is 0 Å². The van der Waals surface area contributed by atoms with Crippen molar-refractivity contribution in [1.82, 2.24) is 20.2 Å². The molecule has 2 aromatic heterocycles. The van der Waals surface area contributed by atoms with Gasteiger partial charge in [0.15, 0.2) is 0 Å². The van der Waals surface area contributed by atoms with E-state index in [4.69, 9.17) is 4.98 Å². The summed E-state index contributed by atoms with van der Waals surface area (Å²) >= 11 is 0. The lowest BCUT2D eigenvalue weighted by atomic mass is 10.1. The van der Waals surface area contributed by atoms with Gasteiger partial charge in [-0.25, -0.2) is 4.98 Å². The number of hydrogen-bond acceptors (Lipinski definition) is 6. The van der Waals surface area contributed by atoms with Crippen LogP contribution in [0.3, 0.4) is 0 Å². The van der Waals surface area contributed by atoms with Gasteiger partial charge in [-0.05, 0) is 24.6 Å². The predicted molar refractivity (Wildman–Crippen MR) is 98.7 cm³/mol. The van der Waals surface area contributed by atoms with Gasteiger partial charge < -0.3 is 9.80 Å². The van der Waals surface area contributed by atoms with Crippen LogP contribution in [0.1, 0.15) is 5.56 Å². The zero-order chi connectivity index (χ0) is 17.1. The number of rotatable bonds is 3. The van der Waals surface area contributed by atoms with Gasteiger partial charge in [-0.3, -0.25) is 4.98 Å². The van der Waals surface area contributed by atoms with E-state index in [0.717, 1.165) is 37.4 Å². The number of benzene rings is 1. The molecule has 0 saturated carbocycles. The van der Waals surface area contributed by atoms with E-state index >= 15 is 0 Å². The Morgan fingerprint density at radius 2 is 1.60 bits per heavy atom. The fraction of sp³-hybridized carbons (Fsp3) is 0.263. The standard InChI is InChI=1S/C19H20N6/c1-15-4-2-3-5-17(15)18-14-21-23-19(22-18)25-12-10-24(11-13-25)16-6-8-20-9-7-16/h2-9,14H,10-13H2,1H3. The summed E-state index contributed by atoms with van der Waals surface area (Å²) in [6.45, 7) is 5.71. The van der Waals surface area contributed by atoms with Crippen molar-refractivity contribution in [2.24, 2.45) is 0 Å². The van der Waals surface area contributed by atoms with Crippen molar-refractivity contribution in [2.75, 3.05) is 36.0 Å². The molecule has 1 aliphatic rings. The average Bonchev–Trinajstić information content (AvgIpc) is 2.69. The molecule has 0 spiro atoms. The van der Waals surface area contributed by atoms with Crippen molar-refractivity contribution >= 4 is 11.6 Å². The summed E-state index contributed by atoms with van der Waals surface area (Å²) in [5.41, 5.74) is 4.38. The molecule has 0 unspecified atom stereocenters. The summed E-state index contributed by atoms with van der Waals surface area (Å²) in [4.78, 5) is 13.4. The summed E-state index contributed by atoms with van der Waals surface area (Å²) in [5.74, 6) is 0.704. The number of nitrogens with zero attached hydrogens (tertiary/aromatic N) is 6. The maximum atomic E-state index is 4.75. The maximum Gasteiger partial charge on any atom is 0.246 e. The maximum absolute atomic E-state index is 4.75. The molecule has 0 amide bonds. The lowest BCUT2D eigenvalue weighted by Crippen LogP contribution is -2.47. The van der Waals surface area contributed by atoms with Crippen LogP contribution in [0.15, 0.2) is 55.0 Å². The van der Waals surface area contributed by atoms with Gasteiger partial charge in [-0.2, -0.15) is 5.10 Å². The molecule has 6 heteroatoms. The Hall–Kier alpha value is -3.02. The minimum Gasteiger partial charge on any atom is -0.368 e. The van der Waals surface area contributed by atoms with Gasteiger partial charge in [0.25, 0.3) is 0 Å². The second kappa shape index (κ2) is 6.84. The molecule has 3 aromatic rings. The normalized spacial score (nSPS) is 14.6. The first-order valence-corrected chi connectivity index (χ1v) is 8.47. The summed E-state index contributed by atoms with van der Waals surface area (Å²) in [6.07, 6.45) is 5.40. The topological polar surface area (TPSA) is 58.0 Å². The largest absolute Gasteiger partial charge is 0.368 e. The molecule has 1 aromatic carbocycles. The molecule has 0 radical (unpaired) electrons. The highest BCUT2D eigenvalue weighted by molar-refractivity contribution is 5.63. The van der Waals surface area contributed by atoms with Crippen LogP contribution in [-0.2, 0) is 0 Å². The molecule has 0 bridgehead atoms. The van der Waals surface area contributed by atoms with Gasteiger partial charge in [0.1, 0.15) is 0 Å². The fourth-order valence-electron chi connectivity index (χ4n) is 3.14. The molecule has 3 heterocycles. The third kappa shape index (κ3) is 3.28. The van der Waals surface area contributed by atoms with Crippen LogP contribution in [0.25, 0.3) is 11.3 Å². The lowest BCUT2D eigenvalue weighted by Gasteiger charge is -2.35. The highest BCUT2D eigenvalue weighted by Crippen LogP contribution is 2.22. The molecule has 1 saturated heterocycles. The van der Waals surface area contributed by atoms with E-state index in [2.05, 4.69) is 44.0 Å². The predicted octanol–water partition coefficient (Wildman–Crippen LogP) is 2.57. The lowest BCUT2D eigenvalue weighted by molar-refractivity contribution is 0.635.